The fourth-order valence-corrected chi connectivity index (χ4v) is 4.46. The zero-order chi connectivity index (χ0) is 13.5. The molecule has 1 aromatic carbocycles. The van der Waals surface area contributed by atoms with Gasteiger partial charge in [-0.25, -0.2) is 0 Å². The Morgan fingerprint density at radius 3 is 2.75 bits per heavy atom. The molecule has 1 aromatic rings. The van der Waals surface area contributed by atoms with Gasteiger partial charge in [-0.05, 0) is 43.1 Å². The maximum absolute atomic E-state index is 13.0. The number of hydrogen-bond donors (Lipinski definition) is 0. The normalized spacial score (nSPS) is 35.8. The highest BCUT2D eigenvalue weighted by Gasteiger charge is 2.45. The molecule has 1 amide bonds. The Morgan fingerprint density at radius 1 is 1.05 bits per heavy atom. The second kappa shape index (κ2) is 4.76. The van der Waals surface area contributed by atoms with Crippen LogP contribution in [0.3, 0.4) is 0 Å². The van der Waals surface area contributed by atoms with Gasteiger partial charge in [0.2, 0.25) is 5.91 Å². The second-order valence-corrected chi connectivity index (χ2v) is 6.44. The van der Waals surface area contributed by atoms with Crippen LogP contribution in [-0.4, -0.2) is 23.4 Å². The lowest BCUT2D eigenvalue weighted by molar-refractivity contribution is -0.133. The van der Waals surface area contributed by atoms with E-state index in [9.17, 15) is 4.79 Å². The van der Waals surface area contributed by atoms with Crippen molar-refractivity contribution >= 4 is 5.91 Å². The lowest BCUT2D eigenvalue weighted by Gasteiger charge is -2.34. The zero-order valence-corrected chi connectivity index (χ0v) is 11.7. The van der Waals surface area contributed by atoms with Gasteiger partial charge in [-0.15, -0.1) is 0 Å². The largest absolute Gasteiger partial charge is 0.338 e. The van der Waals surface area contributed by atoms with Gasteiger partial charge in [0.05, 0.1) is 5.92 Å². The average molecular weight is 267 g/mol. The average Bonchev–Trinajstić information content (AvgIpc) is 2.87. The molecule has 4 atom stereocenters. The van der Waals surface area contributed by atoms with Crippen LogP contribution in [0.15, 0.2) is 42.5 Å². The highest BCUT2D eigenvalue weighted by molar-refractivity contribution is 5.84. The summed E-state index contributed by atoms with van der Waals surface area (Å²) in [6, 6.07) is 10.8. The number of benzene rings is 1. The Balaban J connectivity index is 1.69. The van der Waals surface area contributed by atoms with Crippen LogP contribution in [0, 0.1) is 11.8 Å². The summed E-state index contributed by atoms with van der Waals surface area (Å²) >= 11 is 0. The summed E-state index contributed by atoms with van der Waals surface area (Å²) in [6.45, 7) is 0.968. The molecule has 3 aliphatic rings. The monoisotopic (exact) mass is 267 g/mol. The fourth-order valence-electron chi connectivity index (χ4n) is 4.46. The molecule has 104 valence electrons. The van der Waals surface area contributed by atoms with Crippen molar-refractivity contribution in [3.05, 3.63) is 48.0 Å². The summed E-state index contributed by atoms with van der Waals surface area (Å²) in [5.74, 6) is 1.76. The third-order valence-electron chi connectivity index (χ3n) is 5.42. The van der Waals surface area contributed by atoms with Crippen molar-refractivity contribution in [2.45, 2.75) is 37.6 Å². The van der Waals surface area contributed by atoms with Crippen LogP contribution in [0.4, 0.5) is 0 Å². The summed E-state index contributed by atoms with van der Waals surface area (Å²) < 4.78 is 0. The van der Waals surface area contributed by atoms with Crippen molar-refractivity contribution in [3.63, 3.8) is 0 Å². The van der Waals surface area contributed by atoms with E-state index in [2.05, 4.69) is 29.2 Å². The molecule has 0 radical (unpaired) electrons. The molecule has 0 saturated carbocycles. The Hall–Kier alpha value is -1.57. The molecule has 2 fully saturated rings. The number of carbonyl (C=O) groups excluding carboxylic acids is 1. The SMILES string of the molecule is O=C1[C@@H](c2ccccc2)CC[C@@H]2C=CC[C@H]3CCN1[C@@H]32. The molecule has 2 saturated heterocycles. The summed E-state index contributed by atoms with van der Waals surface area (Å²) in [5, 5.41) is 0. The second-order valence-electron chi connectivity index (χ2n) is 6.44. The Bertz CT molecular complexity index is 536. The van der Waals surface area contributed by atoms with E-state index in [4.69, 9.17) is 0 Å². The van der Waals surface area contributed by atoms with Gasteiger partial charge in [-0.3, -0.25) is 4.79 Å². The third-order valence-corrected chi connectivity index (χ3v) is 5.42. The van der Waals surface area contributed by atoms with Crippen molar-refractivity contribution in [1.29, 1.82) is 0 Å². The van der Waals surface area contributed by atoms with E-state index in [1.807, 2.05) is 18.2 Å². The van der Waals surface area contributed by atoms with Crippen molar-refractivity contribution in [2.24, 2.45) is 11.8 Å². The zero-order valence-electron chi connectivity index (χ0n) is 11.7. The summed E-state index contributed by atoms with van der Waals surface area (Å²) in [4.78, 5) is 15.2. The van der Waals surface area contributed by atoms with Gasteiger partial charge in [0, 0.05) is 12.6 Å². The first kappa shape index (κ1) is 12.2. The quantitative estimate of drug-likeness (QED) is 0.714. The van der Waals surface area contributed by atoms with Crippen LogP contribution in [0.25, 0.3) is 0 Å². The van der Waals surface area contributed by atoms with Crippen LogP contribution in [-0.2, 0) is 4.79 Å². The van der Waals surface area contributed by atoms with E-state index in [0.717, 1.165) is 19.4 Å². The molecule has 1 aliphatic carbocycles. The van der Waals surface area contributed by atoms with E-state index in [1.54, 1.807) is 0 Å². The molecule has 0 N–H and O–H groups in total. The van der Waals surface area contributed by atoms with Crippen molar-refractivity contribution in [1.82, 2.24) is 4.90 Å². The molecule has 2 heterocycles. The topological polar surface area (TPSA) is 20.3 Å². The first-order valence-corrected chi connectivity index (χ1v) is 7.86. The number of carbonyl (C=O) groups is 1. The van der Waals surface area contributed by atoms with Crippen LogP contribution in [0.5, 0.6) is 0 Å². The number of nitrogens with zero attached hydrogens (tertiary/aromatic N) is 1. The maximum Gasteiger partial charge on any atom is 0.230 e. The van der Waals surface area contributed by atoms with Gasteiger partial charge in [0.25, 0.3) is 0 Å². The van der Waals surface area contributed by atoms with Crippen LogP contribution < -0.4 is 0 Å². The molecule has 0 aromatic heterocycles. The molecule has 4 rings (SSSR count). The Kier molecular flexibility index (Phi) is 2.90. The Labute approximate surface area is 120 Å². The van der Waals surface area contributed by atoms with Crippen LogP contribution in [0.1, 0.15) is 37.2 Å². The summed E-state index contributed by atoms with van der Waals surface area (Å²) in [6.07, 6.45) is 9.24. The van der Waals surface area contributed by atoms with Gasteiger partial charge in [0.15, 0.2) is 0 Å². The van der Waals surface area contributed by atoms with E-state index >= 15 is 0 Å². The van der Waals surface area contributed by atoms with Crippen molar-refractivity contribution < 1.29 is 4.79 Å². The first-order valence-electron chi connectivity index (χ1n) is 7.86. The number of hydrogen-bond acceptors (Lipinski definition) is 1. The van der Waals surface area contributed by atoms with E-state index < -0.39 is 0 Å². The highest BCUT2D eigenvalue weighted by atomic mass is 16.2. The number of allylic oxidation sites excluding steroid dienone is 1. The van der Waals surface area contributed by atoms with Crippen molar-refractivity contribution in [3.8, 4) is 0 Å². The van der Waals surface area contributed by atoms with Crippen LogP contribution in [0.2, 0.25) is 0 Å². The molecule has 2 nitrogen and oxygen atoms in total. The highest BCUT2D eigenvalue weighted by Crippen LogP contribution is 2.43. The molecule has 20 heavy (non-hydrogen) atoms. The lowest BCUT2D eigenvalue weighted by atomic mass is 9.80. The number of rotatable bonds is 1. The lowest BCUT2D eigenvalue weighted by Crippen LogP contribution is -2.42. The Morgan fingerprint density at radius 2 is 1.90 bits per heavy atom. The van der Waals surface area contributed by atoms with E-state index in [0.29, 0.717) is 23.8 Å². The van der Waals surface area contributed by atoms with Gasteiger partial charge >= 0.3 is 0 Å². The molecule has 2 aliphatic heterocycles. The predicted molar refractivity (Wildman–Crippen MR) is 79.3 cm³/mol. The minimum Gasteiger partial charge on any atom is -0.338 e. The summed E-state index contributed by atoms with van der Waals surface area (Å²) in [7, 11) is 0. The summed E-state index contributed by atoms with van der Waals surface area (Å²) in [5.41, 5.74) is 1.20. The molecule has 0 unspecified atom stereocenters. The van der Waals surface area contributed by atoms with Gasteiger partial charge in [-0.1, -0.05) is 42.5 Å². The molecule has 0 bridgehead atoms. The standard InChI is InChI=1S/C18H21NO/c20-18-16(13-5-2-1-3-6-13)10-9-14-7-4-8-15-11-12-19(18)17(14)15/h1-7,14-17H,8-12H2/t14-,15-,16+,17+/m0/s1. The van der Waals surface area contributed by atoms with Gasteiger partial charge < -0.3 is 4.90 Å². The van der Waals surface area contributed by atoms with E-state index in [-0.39, 0.29) is 5.92 Å². The molecular formula is C18H21NO. The van der Waals surface area contributed by atoms with Crippen molar-refractivity contribution in [2.75, 3.05) is 6.54 Å². The maximum atomic E-state index is 13.0. The smallest absolute Gasteiger partial charge is 0.230 e. The predicted octanol–water partition coefficient (Wildman–Crippen LogP) is 3.36. The minimum atomic E-state index is 0.0777. The third kappa shape index (κ3) is 1.81. The van der Waals surface area contributed by atoms with Gasteiger partial charge in [-0.2, -0.15) is 0 Å². The minimum absolute atomic E-state index is 0.0777. The van der Waals surface area contributed by atoms with E-state index in [1.165, 1.54) is 18.4 Å². The molecule has 2 heteroatoms. The van der Waals surface area contributed by atoms with Gasteiger partial charge in [0.1, 0.15) is 0 Å². The van der Waals surface area contributed by atoms with Crippen LogP contribution >= 0.6 is 0 Å². The molecular weight excluding hydrogens is 246 g/mol. The first-order chi connectivity index (χ1) is 9.84. The molecule has 0 spiro atoms. The fraction of sp³-hybridized carbons (Fsp3) is 0.500. The number of amides is 1.